The Labute approximate surface area is 114 Å². The van der Waals surface area contributed by atoms with Gasteiger partial charge in [-0.3, -0.25) is 9.59 Å². The van der Waals surface area contributed by atoms with Crippen molar-refractivity contribution in [3.63, 3.8) is 0 Å². The number of hydrogen-bond donors (Lipinski definition) is 2. The van der Waals surface area contributed by atoms with E-state index in [1.54, 1.807) is 12.1 Å². The lowest BCUT2D eigenvalue weighted by atomic mass is 9.96. The van der Waals surface area contributed by atoms with Crippen molar-refractivity contribution in [3.05, 3.63) is 28.5 Å². The molecule has 1 unspecified atom stereocenters. The summed E-state index contributed by atoms with van der Waals surface area (Å²) in [6, 6.07) is 3.28. The van der Waals surface area contributed by atoms with Crippen LogP contribution in [0.1, 0.15) is 24.2 Å². The molecule has 0 fully saturated rings. The van der Waals surface area contributed by atoms with Gasteiger partial charge in [-0.15, -0.1) is 0 Å². The average molecular weight is 315 g/mol. The Morgan fingerprint density at radius 1 is 1.44 bits per heavy atom. The molecule has 0 aromatic carbocycles. The molecular formula is C12H15BrN2O3. The number of aromatic nitrogens is 1. The molecule has 0 bridgehead atoms. The molecule has 1 heterocycles. The van der Waals surface area contributed by atoms with Crippen LogP contribution in [0.5, 0.6) is 0 Å². The maximum absolute atomic E-state index is 11.7. The molecule has 18 heavy (non-hydrogen) atoms. The van der Waals surface area contributed by atoms with Gasteiger partial charge < -0.3 is 10.4 Å². The van der Waals surface area contributed by atoms with Gasteiger partial charge in [-0.25, -0.2) is 4.98 Å². The highest BCUT2D eigenvalue weighted by atomic mass is 79.9. The van der Waals surface area contributed by atoms with Gasteiger partial charge in [0.05, 0.1) is 11.5 Å². The van der Waals surface area contributed by atoms with E-state index in [-0.39, 0.29) is 18.4 Å². The van der Waals surface area contributed by atoms with Crippen LogP contribution >= 0.6 is 15.9 Å². The molecule has 1 amide bonds. The fraction of sp³-hybridized carbons (Fsp3) is 0.417. The monoisotopic (exact) mass is 314 g/mol. The Hall–Kier alpha value is -1.43. The molecule has 0 aliphatic carbocycles. The van der Waals surface area contributed by atoms with Crippen molar-refractivity contribution in [2.75, 3.05) is 6.54 Å². The van der Waals surface area contributed by atoms with Gasteiger partial charge in [0.2, 0.25) is 0 Å². The van der Waals surface area contributed by atoms with Crippen molar-refractivity contribution in [3.8, 4) is 0 Å². The zero-order chi connectivity index (χ0) is 13.7. The van der Waals surface area contributed by atoms with Gasteiger partial charge in [-0.1, -0.05) is 13.8 Å². The number of nitrogens with zero attached hydrogens (tertiary/aromatic N) is 1. The molecule has 0 saturated carbocycles. The highest BCUT2D eigenvalue weighted by Gasteiger charge is 2.22. The third-order valence-electron chi connectivity index (χ3n) is 2.59. The zero-order valence-electron chi connectivity index (χ0n) is 10.2. The summed E-state index contributed by atoms with van der Waals surface area (Å²) in [5, 5.41) is 11.6. The van der Waals surface area contributed by atoms with Crippen LogP contribution in [0.4, 0.5) is 0 Å². The summed E-state index contributed by atoms with van der Waals surface area (Å²) >= 11 is 3.17. The van der Waals surface area contributed by atoms with Crippen molar-refractivity contribution in [1.29, 1.82) is 0 Å². The number of carboxylic acid groups (broad SMARTS) is 1. The van der Waals surface area contributed by atoms with Gasteiger partial charge in [0.15, 0.2) is 0 Å². The molecule has 2 N–H and O–H groups in total. The molecule has 98 valence electrons. The van der Waals surface area contributed by atoms with Crippen LogP contribution in [-0.4, -0.2) is 28.5 Å². The van der Waals surface area contributed by atoms with Crippen molar-refractivity contribution >= 4 is 27.8 Å². The molecule has 1 aromatic rings. The smallest absolute Gasteiger partial charge is 0.308 e. The molecule has 0 aliphatic heterocycles. The Bertz CT molecular complexity index is 431. The van der Waals surface area contributed by atoms with E-state index in [1.165, 1.54) is 6.20 Å². The van der Waals surface area contributed by atoms with Gasteiger partial charge >= 0.3 is 5.97 Å². The maximum atomic E-state index is 11.7. The number of carbonyl (C=O) groups excluding carboxylic acids is 1. The van der Waals surface area contributed by atoms with E-state index in [0.717, 1.165) is 0 Å². The third-order valence-corrected chi connectivity index (χ3v) is 3.06. The minimum Gasteiger partial charge on any atom is -0.481 e. The highest BCUT2D eigenvalue weighted by Crippen LogP contribution is 2.10. The van der Waals surface area contributed by atoms with Gasteiger partial charge in [0.25, 0.3) is 5.91 Å². The fourth-order valence-corrected chi connectivity index (χ4v) is 1.66. The van der Waals surface area contributed by atoms with E-state index in [0.29, 0.717) is 10.2 Å². The summed E-state index contributed by atoms with van der Waals surface area (Å²) in [5.74, 6) is -1.84. The number of pyridine rings is 1. The molecule has 0 radical (unpaired) electrons. The normalized spacial score (nSPS) is 12.2. The number of aliphatic carboxylic acids is 1. The third kappa shape index (κ3) is 4.10. The summed E-state index contributed by atoms with van der Waals surface area (Å²) in [6.45, 7) is 3.74. The summed E-state index contributed by atoms with van der Waals surface area (Å²) in [7, 11) is 0. The Balaban J connectivity index is 2.60. The Morgan fingerprint density at radius 2 is 2.11 bits per heavy atom. The molecule has 1 aromatic heterocycles. The maximum Gasteiger partial charge on any atom is 0.308 e. The minimum absolute atomic E-state index is 0.0363. The van der Waals surface area contributed by atoms with Crippen LogP contribution in [0.25, 0.3) is 0 Å². The van der Waals surface area contributed by atoms with Crippen LogP contribution in [0.3, 0.4) is 0 Å². The zero-order valence-corrected chi connectivity index (χ0v) is 11.8. The molecule has 0 aliphatic rings. The molecule has 1 rings (SSSR count). The first-order valence-electron chi connectivity index (χ1n) is 5.54. The van der Waals surface area contributed by atoms with Gasteiger partial charge in [0, 0.05) is 12.7 Å². The SMILES string of the molecule is CC(C)C(CNC(=O)c1ccc(Br)nc1)C(=O)O. The number of rotatable bonds is 5. The summed E-state index contributed by atoms with van der Waals surface area (Å²) < 4.78 is 0.643. The molecule has 5 nitrogen and oxygen atoms in total. The number of hydrogen-bond acceptors (Lipinski definition) is 3. The lowest BCUT2D eigenvalue weighted by Crippen LogP contribution is -2.35. The second kappa shape index (κ2) is 6.49. The first kappa shape index (κ1) is 14.6. The Kier molecular flexibility index (Phi) is 5.27. The first-order chi connectivity index (χ1) is 8.41. The molecule has 0 spiro atoms. The van der Waals surface area contributed by atoms with E-state index >= 15 is 0 Å². The van der Waals surface area contributed by atoms with Crippen LogP contribution in [-0.2, 0) is 4.79 Å². The summed E-state index contributed by atoms with van der Waals surface area (Å²) in [5.41, 5.74) is 0.408. The van der Waals surface area contributed by atoms with Crippen molar-refractivity contribution < 1.29 is 14.7 Å². The molecule has 1 atom stereocenters. The number of halogens is 1. The van der Waals surface area contributed by atoms with Gasteiger partial charge in [-0.2, -0.15) is 0 Å². The van der Waals surface area contributed by atoms with Crippen LogP contribution in [0.2, 0.25) is 0 Å². The second-order valence-corrected chi connectivity index (χ2v) is 5.08. The molecule has 0 saturated heterocycles. The van der Waals surface area contributed by atoms with Crippen molar-refractivity contribution in [2.24, 2.45) is 11.8 Å². The number of amides is 1. The molecule has 6 heteroatoms. The van der Waals surface area contributed by atoms with E-state index in [2.05, 4.69) is 26.2 Å². The van der Waals surface area contributed by atoms with Crippen LogP contribution in [0.15, 0.2) is 22.9 Å². The van der Waals surface area contributed by atoms with Crippen molar-refractivity contribution in [1.82, 2.24) is 10.3 Å². The van der Waals surface area contributed by atoms with Crippen molar-refractivity contribution in [2.45, 2.75) is 13.8 Å². The van der Waals surface area contributed by atoms with E-state index in [1.807, 2.05) is 13.8 Å². The van der Waals surface area contributed by atoms with E-state index < -0.39 is 11.9 Å². The lowest BCUT2D eigenvalue weighted by Gasteiger charge is -2.16. The van der Waals surface area contributed by atoms with Crippen LogP contribution < -0.4 is 5.32 Å². The predicted octanol–water partition coefficient (Wildman–Crippen LogP) is 1.93. The minimum atomic E-state index is -0.903. The summed E-state index contributed by atoms with van der Waals surface area (Å²) in [6.07, 6.45) is 1.44. The predicted molar refractivity (Wildman–Crippen MR) is 70.2 cm³/mol. The number of carboxylic acids is 1. The largest absolute Gasteiger partial charge is 0.481 e. The molecular weight excluding hydrogens is 300 g/mol. The average Bonchev–Trinajstić information content (AvgIpc) is 2.28. The van der Waals surface area contributed by atoms with Crippen LogP contribution in [0, 0.1) is 11.8 Å². The van der Waals surface area contributed by atoms with Gasteiger partial charge in [0.1, 0.15) is 4.60 Å². The highest BCUT2D eigenvalue weighted by molar-refractivity contribution is 9.10. The fourth-order valence-electron chi connectivity index (χ4n) is 1.42. The standard InChI is InChI=1S/C12H15BrN2O3/c1-7(2)9(12(17)18)6-15-11(16)8-3-4-10(13)14-5-8/h3-5,7,9H,6H2,1-2H3,(H,15,16)(H,17,18). The topological polar surface area (TPSA) is 79.3 Å². The quantitative estimate of drug-likeness (QED) is 0.814. The van der Waals surface area contributed by atoms with Gasteiger partial charge in [-0.05, 0) is 34.0 Å². The lowest BCUT2D eigenvalue weighted by molar-refractivity contribution is -0.142. The summed E-state index contributed by atoms with van der Waals surface area (Å²) in [4.78, 5) is 26.6. The Morgan fingerprint density at radius 3 is 2.56 bits per heavy atom. The van der Waals surface area contributed by atoms with E-state index in [4.69, 9.17) is 5.11 Å². The van der Waals surface area contributed by atoms with E-state index in [9.17, 15) is 9.59 Å². The second-order valence-electron chi connectivity index (χ2n) is 4.27. The number of carbonyl (C=O) groups is 2. The first-order valence-corrected chi connectivity index (χ1v) is 6.33. The number of nitrogens with one attached hydrogen (secondary N) is 1.